The van der Waals surface area contributed by atoms with Crippen molar-refractivity contribution in [2.75, 3.05) is 28.3 Å². The smallest absolute Gasteiger partial charge is 0.340 e. The fraction of sp³-hybridized carbons (Fsp3) is 0.227. The van der Waals surface area contributed by atoms with Gasteiger partial charge < -0.3 is 29.2 Å². The molecule has 362 valence electrons. The number of halogens is 6. The molecule has 6 rings (SSSR count). The van der Waals surface area contributed by atoms with Crippen LogP contribution in [0.3, 0.4) is 0 Å². The molecule has 0 bridgehead atoms. The van der Waals surface area contributed by atoms with E-state index in [2.05, 4.69) is 10.6 Å². The molecule has 4 atom stereocenters. The van der Waals surface area contributed by atoms with Gasteiger partial charge in [-0.15, -0.1) is 0 Å². The Balaban J connectivity index is 1.38. The Bertz CT molecular complexity index is 2960. The van der Waals surface area contributed by atoms with Gasteiger partial charge in [0, 0.05) is 35.7 Å². The van der Waals surface area contributed by atoms with Crippen LogP contribution in [0, 0.1) is 34.9 Å². The van der Waals surface area contributed by atoms with Crippen molar-refractivity contribution in [1.29, 1.82) is 0 Å². The fourth-order valence-corrected chi connectivity index (χ4v) is 9.81. The van der Waals surface area contributed by atoms with Crippen LogP contribution < -0.4 is 20.1 Å². The number of esters is 2. The van der Waals surface area contributed by atoms with Crippen LogP contribution in [-0.4, -0.2) is 87.5 Å². The summed E-state index contributed by atoms with van der Waals surface area (Å²) in [6, 6.07) is 11.7. The maximum absolute atomic E-state index is 15.5. The molecule has 0 spiro atoms. The normalized spacial score (nSPS) is 14.6. The Morgan fingerprint density at radius 3 is 1.21 bits per heavy atom. The van der Waals surface area contributed by atoms with Gasteiger partial charge in [-0.3, -0.25) is 10.6 Å². The number of aromatic nitrogens is 2. The van der Waals surface area contributed by atoms with E-state index in [1.807, 2.05) is 0 Å². The molecule has 68 heavy (non-hydrogen) atoms. The highest BCUT2D eigenvalue weighted by atomic mass is 32.2. The number of ether oxygens (including phenoxy) is 4. The van der Waals surface area contributed by atoms with Crippen molar-refractivity contribution in [3.63, 3.8) is 0 Å². The van der Waals surface area contributed by atoms with Crippen LogP contribution in [0.15, 0.2) is 107 Å². The van der Waals surface area contributed by atoms with E-state index in [0.29, 0.717) is 32.2 Å². The van der Waals surface area contributed by atoms with Gasteiger partial charge in [0.2, 0.25) is 0 Å². The second kappa shape index (κ2) is 19.1. The van der Waals surface area contributed by atoms with Gasteiger partial charge in [0.15, 0.2) is 35.2 Å². The van der Waals surface area contributed by atoms with Gasteiger partial charge in [-0.25, -0.2) is 60.7 Å². The number of methoxy groups -OCH3 is 2. The lowest BCUT2D eigenvalue weighted by Gasteiger charge is -2.32. The van der Waals surface area contributed by atoms with Crippen molar-refractivity contribution in [1.82, 2.24) is 18.6 Å². The third-order valence-electron chi connectivity index (χ3n) is 10.7. The molecule has 16 nitrogen and oxygen atoms in total. The number of rotatable bonds is 17. The minimum absolute atomic E-state index is 0.417. The summed E-state index contributed by atoms with van der Waals surface area (Å²) >= 11 is 0. The van der Waals surface area contributed by atoms with Gasteiger partial charge in [0.05, 0.1) is 35.1 Å². The summed E-state index contributed by atoms with van der Waals surface area (Å²) in [6.45, 7) is 2.19. The number of benzene rings is 4. The molecule has 0 saturated carbocycles. The number of carbonyl (C=O) groups is 2. The number of aliphatic hydroxyl groups is 2. The molecule has 4 unspecified atom stereocenters. The molecule has 0 aliphatic heterocycles. The van der Waals surface area contributed by atoms with Gasteiger partial charge in [-0.2, -0.15) is 0 Å². The van der Waals surface area contributed by atoms with Crippen LogP contribution in [0.1, 0.15) is 25.0 Å². The second-order valence-corrected chi connectivity index (χ2v) is 18.5. The molecule has 0 radical (unpaired) electrons. The third kappa shape index (κ3) is 9.29. The van der Waals surface area contributed by atoms with Crippen LogP contribution in [0.25, 0.3) is 22.5 Å². The van der Waals surface area contributed by atoms with Crippen molar-refractivity contribution in [2.24, 2.45) is 0 Å². The van der Waals surface area contributed by atoms with Gasteiger partial charge in [-0.1, -0.05) is 12.1 Å². The summed E-state index contributed by atoms with van der Waals surface area (Å²) in [4.78, 5) is 26.1. The summed E-state index contributed by atoms with van der Waals surface area (Å²) in [5, 5.41) is 27.4. The first-order valence-corrected chi connectivity index (χ1v) is 22.5. The molecule has 0 aliphatic carbocycles. The lowest BCUT2D eigenvalue weighted by Crippen LogP contribution is -2.50. The molecule has 0 aliphatic rings. The van der Waals surface area contributed by atoms with E-state index in [-0.39, 0.29) is 0 Å². The van der Waals surface area contributed by atoms with Crippen molar-refractivity contribution in [2.45, 2.75) is 47.3 Å². The Morgan fingerprint density at radius 2 is 0.912 bits per heavy atom. The minimum atomic E-state index is -4.89. The topological polar surface area (TPSA) is 214 Å². The van der Waals surface area contributed by atoms with Gasteiger partial charge >= 0.3 is 11.9 Å². The maximum atomic E-state index is 15.5. The van der Waals surface area contributed by atoms with Crippen molar-refractivity contribution in [3.8, 4) is 34.0 Å². The molecule has 0 saturated heterocycles. The summed E-state index contributed by atoms with van der Waals surface area (Å²) in [7, 11) is -5.38. The molecular weight excluding hydrogens is 955 g/mol. The fourth-order valence-electron chi connectivity index (χ4n) is 7.00. The van der Waals surface area contributed by atoms with E-state index >= 15 is 8.78 Å². The van der Waals surface area contributed by atoms with Crippen LogP contribution in [-0.2, 0) is 50.6 Å². The molecule has 2 heterocycles. The molecule has 0 fully saturated rings. The average Bonchev–Trinajstić information content (AvgIpc) is 3.89. The lowest BCUT2D eigenvalue weighted by atomic mass is 10.0. The van der Waals surface area contributed by atoms with Crippen LogP contribution in [0.2, 0.25) is 0 Å². The first-order valence-electron chi connectivity index (χ1n) is 19.6. The largest absolute Gasteiger partial charge is 0.494 e. The first-order chi connectivity index (χ1) is 31.9. The maximum Gasteiger partial charge on any atom is 0.340 e. The second-order valence-electron chi connectivity index (χ2n) is 14.9. The van der Waals surface area contributed by atoms with E-state index in [1.165, 1.54) is 14.1 Å². The number of nitrogens with one attached hydrogen (secondary N) is 2. The minimum Gasteiger partial charge on any atom is -0.494 e. The predicted octanol–water partition coefficient (Wildman–Crippen LogP) is 5.24. The highest BCUT2D eigenvalue weighted by molar-refractivity contribution is 7.90. The molecule has 2 aromatic heterocycles. The zero-order chi connectivity index (χ0) is 50.3. The predicted molar refractivity (Wildman–Crippen MR) is 228 cm³/mol. The molecule has 4 aromatic carbocycles. The Labute approximate surface area is 384 Å². The summed E-state index contributed by atoms with van der Waals surface area (Å²) in [5.41, 5.74) is -7.80. The summed E-state index contributed by atoms with van der Waals surface area (Å²) in [5.74, 6) is -11.2. The zero-order valence-corrected chi connectivity index (χ0v) is 38.0. The summed E-state index contributed by atoms with van der Waals surface area (Å²) < 4.78 is 167. The highest BCUT2D eigenvalue weighted by Gasteiger charge is 2.45. The number of aliphatic hydroxyl groups excluding tert-OH is 2. The Hall–Kier alpha value is -6.70. The monoisotopic (exact) mass is 994 g/mol. The van der Waals surface area contributed by atoms with Crippen LogP contribution in [0.5, 0.6) is 11.5 Å². The first kappa shape index (κ1) is 50.7. The average molecular weight is 995 g/mol. The highest BCUT2D eigenvalue weighted by Crippen LogP contribution is 2.45. The van der Waals surface area contributed by atoms with E-state index < -0.39 is 145 Å². The molecule has 0 amide bonds. The number of carbonyl (C=O) groups excluding carboxylic acids is 2. The molecule has 4 N–H and O–H groups in total. The number of hydrogen-bond donors (Lipinski definition) is 4. The number of hydrogen-bond acceptors (Lipinski definition) is 14. The van der Waals surface area contributed by atoms with Crippen LogP contribution in [0.4, 0.5) is 26.3 Å². The Kier molecular flexibility index (Phi) is 14.3. The third-order valence-corrected chi connectivity index (χ3v) is 14.0. The van der Waals surface area contributed by atoms with E-state index in [1.54, 1.807) is 0 Å². The van der Waals surface area contributed by atoms with E-state index in [0.717, 1.165) is 101 Å². The zero-order valence-electron chi connectivity index (χ0n) is 36.3. The van der Waals surface area contributed by atoms with Crippen molar-refractivity contribution >= 4 is 32.0 Å². The summed E-state index contributed by atoms with van der Waals surface area (Å²) in [6.07, 6.45) is -4.07. The number of nitrogens with zero attached hydrogens (tertiary/aromatic N) is 2. The van der Waals surface area contributed by atoms with Gasteiger partial charge in [-0.05, 0) is 88.6 Å². The van der Waals surface area contributed by atoms with Crippen molar-refractivity contribution < 1.29 is 81.9 Å². The van der Waals surface area contributed by atoms with Gasteiger partial charge in [0.25, 0.3) is 20.0 Å². The van der Waals surface area contributed by atoms with E-state index in [9.17, 15) is 54.2 Å². The van der Waals surface area contributed by atoms with Gasteiger partial charge in [0.1, 0.15) is 46.3 Å². The quantitative estimate of drug-likeness (QED) is 0.0523. The standard InChI is InChI=1S/C44H40F6N4O12S2/c1-43(51-3,31-21-53(67(59,60)27-11-7-9-23(45)17-27)35(39(31)63-5)29-15-13-25(47)19-33(29)49)65-41(57)37(55)38(56)42(58)66-44(2,52-4)32-22-54(68(61,62)28-12-8-10-24(46)18-28)36(40(32)64-6)30-16-14-26(48)20-34(30)50/h7-22,37-38,51-52,55-56H,1-6H3. The van der Waals surface area contributed by atoms with Crippen LogP contribution >= 0.6 is 0 Å². The molecule has 6 aromatic rings. The van der Waals surface area contributed by atoms with Crippen molar-refractivity contribution in [3.05, 3.63) is 143 Å². The Morgan fingerprint density at radius 1 is 0.574 bits per heavy atom. The molecule has 24 heteroatoms. The molecular formula is C44H40F6N4O12S2. The lowest BCUT2D eigenvalue weighted by molar-refractivity contribution is -0.192. The van der Waals surface area contributed by atoms with E-state index in [4.69, 9.17) is 18.9 Å². The SMILES string of the molecule is CNC(C)(OC(=O)C(O)C(O)C(=O)OC(C)(NC)c1cn(S(=O)(=O)c2cccc(F)c2)c(-c2ccc(F)cc2F)c1OC)c1cn(S(=O)(=O)c2cccc(F)c2)c(-c2ccc(F)cc2F)c1OC.